The lowest BCUT2D eigenvalue weighted by molar-refractivity contribution is -0.145. The summed E-state index contributed by atoms with van der Waals surface area (Å²) in [7, 11) is 0. The van der Waals surface area contributed by atoms with Gasteiger partial charge >= 0.3 is 5.97 Å². The third kappa shape index (κ3) is 2.60. The number of rotatable bonds is 4. The van der Waals surface area contributed by atoms with E-state index in [0.29, 0.717) is 11.5 Å². The number of hydrogen-bond acceptors (Lipinski definition) is 4. The minimum atomic E-state index is -0.495. The average Bonchev–Trinajstić information content (AvgIpc) is 2.52. The second-order valence-electron chi connectivity index (χ2n) is 5.06. The molecule has 0 radical (unpaired) electrons. The molecule has 0 aliphatic carbocycles. The van der Waals surface area contributed by atoms with Crippen LogP contribution in [0.1, 0.15) is 30.4 Å². The van der Waals surface area contributed by atoms with Gasteiger partial charge in [0.25, 0.3) is 0 Å². The van der Waals surface area contributed by atoms with E-state index in [0.717, 1.165) is 11.1 Å². The molecule has 0 aromatic heterocycles. The number of para-hydroxylation sites is 2. The van der Waals surface area contributed by atoms with E-state index in [4.69, 9.17) is 9.47 Å². The summed E-state index contributed by atoms with van der Waals surface area (Å²) in [5.74, 6) is 0.146. The maximum Gasteiger partial charge on any atom is 0.313 e. The first-order valence-electron chi connectivity index (χ1n) is 7.24. The SMILES string of the molecule is CCOC(=O)CC(=O)C1c2ccccc2Oc2ccccc21. The zero-order valence-corrected chi connectivity index (χ0v) is 12.2. The lowest BCUT2D eigenvalue weighted by Gasteiger charge is -2.27. The highest BCUT2D eigenvalue weighted by molar-refractivity contribution is 6.01. The van der Waals surface area contributed by atoms with Crippen molar-refractivity contribution < 1.29 is 19.1 Å². The zero-order valence-electron chi connectivity index (χ0n) is 12.2. The fourth-order valence-corrected chi connectivity index (χ4v) is 2.71. The smallest absolute Gasteiger partial charge is 0.313 e. The van der Waals surface area contributed by atoms with E-state index in [2.05, 4.69) is 0 Å². The van der Waals surface area contributed by atoms with Crippen molar-refractivity contribution >= 4 is 11.8 Å². The molecule has 2 aromatic rings. The van der Waals surface area contributed by atoms with Crippen molar-refractivity contribution in [2.24, 2.45) is 0 Å². The van der Waals surface area contributed by atoms with Crippen molar-refractivity contribution in [3.8, 4) is 11.5 Å². The number of Topliss-reactive ketones (excluding diaryl/α,β-unsaturated/α-hetero) is 1. The minimum absolute atomic E-state index is 0.179. The van der Waals surface area contributed by atoms with Gasteiger partial charge in [-0.15, -0.1) is 0 Å². The Morgan fingerprint density at radius 2 is 1.55 bits per heavy atom. The van der Waals surface area contributed by atoms with Gasteiger partial charge in [0.1, 0.15) is 17.9 Å². The molecule has 0 unspecified atom stereocenters. The molecule has 1 heterocycles. The lowest BCUT2D eigenvalue weighted by Crippen LogP contribution is -2.22. The van der Waals surface area contributed by atoms with Crippen molar-refractivity contribution in [2.75, 3.05) is 6.61 Å². The van der Waals surface area contributed by atoms with Crippen LogP contribution in [0.3, 0.4) is 0 Å². The molecule has 0 saturated carbocycles. The van der Waals surface area contributed by atoms with E-state index in [-0.39, 0.29) is 18.8 Å². The van der Waals surface area contributed by atoms with Crippen LogP contribution in [0.4, 0.5) is 0 Å². The van der Waals surface area contributed by atoms with Gasteiger partial charge in [-0.1, -0.05) is 36.4 Å². The van der Waals surface area contributed by atoms with Gasteiger partial charge in [0.15, 0.2) is 5.78 Å². The molecule has 22 heavy (non-hydrogen) atoms. The van der Waals surface area contributed by atoms with Crippen LogP contribution in [0.2, 0.25) is 0 Å². The van der Waals surface area contributed by atoms with Crippen LogP contribution in [0.15, 0.2) is 48.5 Å². The van der Waals surface area contributed by atoms with Crippen molar-refractivity contribution in [3.05, 3.63) is 59.7 Å². The van der Waals surface area contributed by atoms with Crippen molar-refractivity contribution in [2.45, 2.75) is 19.3 Å². The van der Waals surface area contributed by atoms with Gasteiger partial charge in [-0.25, -0.2) is 0 Å². The Morgan fingerprint density at radius 3 is 2.09 bits per heavy atom. The number of esters is 1. The predicted molar refractivity (Wildman–Crippen MR) is 81.1 cm³/mol. The zero-order chi connectivity index (χ0) is 15.5. The number of ketones is 1. The number of carbonyl (C=O) groups is 2. The molecule has 2 aromatic carbocycles. The summed E-state index contributed by atoms with van der Waals surface area (Å²) >= 11 is 0. The molecule has 112 valence electrons. The average molecular weight is 296 g/mol. The Hall–Kier alpha value is -2.62. The molecule has 4 nitrogen and oxygen atoms in total. The van der Waals surface area contributed by atoms with Gasteiger partial charge in [0.05, 0.1) is 12.5 Å². The Bertz CT molecular complexity index is 675. The minimum Gasteiger partial charge on any atom is -0.466 e. The third-order valence-electron chi connectivity index (χ3n) is 3.63. The summed E-state index contributed by atoms with van der Waals surface area (Å²) in [6.45, 7) is 1.99. The third-order valence-corrected chi connectivity index (χ3v) is 3.63. The molecule has 0 bridgehead atoms. The molecule has 0 saturated heterocycles. The van der Waals surface area contributed by atoms with Gasteiger partial charge in [0.2, 0.25) is 0 Å². The molecular weight excluding hydrogens is 280 g/mol. The highest BCUT2D eigenvalue weighted by atomic mass is 16.5. The van der Waals surface area contributed by atoms with Crippen molar-refractivity contribution in [3.63, 3.8) is 0 Å². The van der Waals surface area contributed by atoms with Crippen molar-refractivity contribution in [1.29, 1.82) is 0 Å². The Kier molecular flexibility index (Phi) is 3.92. The Morgan fingerprint density at radius 1 is 1.00 bits per heavy atom. The first kappa shape index (κ1) is 14.3. The van der Waals surface area contributed by atoms with E-state index in [1.54, 1.807) is 6.92 Å². The number of benzene rings is 2. The van der Waals surface area contributed by atoms with Crippen LogP contribution in [-0.4, -0.2) is 18.4 Å². The molecule has 0 atom stereocenters. The molecular formula is C18H16O4. The number of carbonyl (C=O) groups excluding carboxylic acids is 2. The Labute approximate surface area is 128 Å². The Balaban J connectivity index is 1.99. The molecule has 0 N–H and O–H groups in total. The fourth-order valence-electron chi connectivity index (χ4n) is 2.71. The quantitative estimate of drug-likeness (QED) is 0.640. The van der Waals surface area contributed by atoms with Gasteiger partial charge in [-0.05, 0) is 19.1 Å². The van der Waals surface area contributed by atoms with Gasteiger partial charge in [-0.2, -0.15) is 0 Å². The number of fused-ring (bicyclic) bond motifs is 2. The van der Waals surface area contributed by atoms with Gasteiger partial charge in [0, 0.05) is 11.1 Å². The maximum atomic E-state index is 12.7. The van der Waals surface area contributed by atoms with Crippen molar-refractivity contribution in [1.82, 2.24) is 0 Å². The highest BCUT2D eigenvalue weighted by Gasteiger charge is 2.33. The van der Waals surface area contributed by atoms with E-state index in [9.17, 15) is 9.59 Å². The van der Waals surface area contributed by atoms with Crippen LogP contribution in [0.5, 0.6) is 11.5 Å². The standard InChI is InChI=1S/C18H16O4/c1-2-21-17(20)11-14(19)18-12-7-3-5-9-15(12)22-16-10-6-4-8-13(16)18/h3-10,18H,2,11H2,1H3. The second kappa shape index (κ2) is 6.02. The molecule has 1 aliphatic rings. The predicted octanol–water partition coefficient (Wildman–Crippen LogP) is 3.45. The largest absolute Gasteiger partial charge is 0.466 e. The monoisotopic (exact) mass is 296 g/mol. The van der Waals surface area contributed by atoms with E-state index in [1.807, 2.05) is 48.5 Å². The molecule has 0 spiro atoms. The topological polar surface area (TPSA) is 52.6 Å². The summed E-state index contributed by atoms with van der Waals surface area (Å²) in [4.78, 5) is 24.3. The molecule has 0 fully saturated rings. The van der Waals surface area contributed by atoms with Crippen LogP contribution in [-0.2, 0) is 14.3 Å². The normalized spacial score (nSPS) is 12.8. The first-order chi connectivity index (χ1) is 10.7. The molecule has 0 amide bonds. The number of hydrogen-bond donors (Lipinski definition) is 0. The van der Waals surface area contributed by atoms with Crippen LogP contribution >= 0.6 is 0 Å². The summed E-state index contributed by atoms with van der Waals surface area (Å²) in [6.07, 6.45) is -0.235. The fraction of sp³-hybridized carbons (Fsp3) is 0.222. The van der Waals surface area contributed by atoms with E-state index >= 15 is 0 Å². The molecule has 4 heteroatoms. The van der Waals surface area contributed by atoms with E-state index < -0.39 is 11.9 Å². The summed E-state index contributed by atoms with van der Waals surface area (Å²) < 4.78 is 10.7. The summed E-state index contributed by atoms with van der Waals surface area (Å²) in [6, 6.07) is 14.8. The molecule has 1 aliphatic heterocycles. The van der Waals surface area contributed by atoms with Crippen LogP contribution < -0.4 is 4.74 Å². The van der Waals surface area contributed by atoms with Crippen LogP contribution in [0, 0.1) is 0 Å². The second-order valence-corrected chi connectivity index (χ2v) is 5.06. The summed E-state index contributed by atoms with van der Waals surface area (Å²) in [5.41, 5.74) is 1.57. The maximum absolute atomic E-state index is 12.7. The van der Waals surface area contributed by atoms with Gasteiger partial charge < -0.3 is 9.47 Å². The molecule has 3 rings (SSSR count). The summed E-state index contributed by atoms with van der Waals surface area (Å²) in [5, 5.41) is 0. The number of ether oxygens (including phenoxy) is 2. The van der Waals surface area contributed by atoms with Gasteiger partial charge in [-0.3, -0.25) is 9.59 Å². The first-order valence-corrected chi connectivity index (χ1v) is 7.24. The van der Waals surface area contributed by atoms with Crippen LogP contribution in [0.25, 0.3) is 0 Å². The highest BCUT2D eigenvalue weighted by Crippen LogP contribution is 2.44. The van der Waals surface area contributed by atoms with E-state index in [1.165, 1.54) is 0 Å². The lowest BCUT2D eigenvalue weighted by atomic mass is 9.84.